The third-order valence-corrected chi connectivity index (χ3v) is 7.55. The van der Waals surface area contributed by atoms with Gasteiger partial charge >= 0.3 is 0 Å². The Balaban J connectivity index is 1.39. The van der Waals surface area contributed by atoms with Crippen LogP contribution in [0.15, 0.2) is 53.4 Å². The third-order valence-electron chi connectivity index (χ3n) is 6.15. The highest BCUT2D eigenvalue weighted by molar-refractivity contribution is 8.04. The van der Waals surface area contributed by atoms with Crippen molar-refractivity contribution >= 4 is 29.7 Å². The summed E-state index contributed by atoms with van der Waals surface area (Å²) >= 11 is 1.66. The fourth-order valence-corrected chi connectivity index (χ4v) is 5.86. The van der Waals surface area contributed by atoms with Crippen molar-refractivity contribution in [2.75, 3.05) is 7.05 Å². The number of carbonyl (C=O) groups excluding carboxylic acids is 2. The van der Waals surface area contributed by atoms with Crippen molar-refractivity contribution in [1.82, 2.24) is 10.2 Å². The highest BCUT2D eigenvalue weighted by Crippen LogP contribution is 2.43. The molecule has 31 heavy (non-hydrogen) atoms. The molecule has 1 N–H and O–H groups in total. The summed E-state index contributed by atoms with van der Waals surface area (Å²) < 4.78 is 13.0. The molecule has 6 heteroatoms. The molecular weight excluding hydrogens is 411 g/mol. The van der Waals surface area contributed by atoms with E-state index in [9.17, 15) is 14.0 Å². The number of fused-ring (bicyclic) bond motifs is 1. The minimum atomic E-state index is -0.285. The van der Waals surface area contributed by atoms with Gasteiger partial charge in [-0.25, -0.2) is 4.39 Å². The summed E-state index contributed by atoms with van der Waals surface area (Å²) in [5.41, 5.74) is 3.08. The van der Waals surface area contributed by atoms with E-state index in [0.717, 1.165) is 28.9 Å². The molecule has 162 valence electrons. The number of nitrogens with one attached hydrogen (secondary N) is 1. The summed E-state index contributed by atoms with van der Waals surface area (Å²) in [5.74, 6) is -0.360. The topological polar surface area (TPSA) is 49.4 Å². The first kappa shape index (κ1) is 21.6. The Kier molecular flexibility index (Phi) is 6.46. The number of hydrogen-bond acceptors (Lipinski definition) is 3. The zero-order valence-corrected chi connectivity index (χ0v) is 18.6. The standard InChI is InChI=1S/C25H27FN2O2S/c1-16-4-3-5-18(12-16)13-23-25(30)28(2)21-14-19(8-11-22(21)31-23)24(29)27-15-17-6-9-20(26)10-7-17/h3-7,9-10,12-13,19,21-22H,8,11,14-15H2,1-2H3,(H,27,29)/b23-13-. The molecule has 3 unspecified atom stereocenters. The van der Waals surface area contributed by atoms with Crippen LogP contribution in [0.4, 0.5) is 4.39 Å². The maximum Gasteiger partial charge on any atom is 0.260 e. The van der Waals surface area contributed by atoms with Crippen LogP contribution in [0.3, 0.4) is 0 Å². The summed E-state index contributed by atoms with van der Waals surface area (Å²) in [6, 6.07) is 14.4. The monoisotopic (exact) mass is 438 g/mol. The van der Waals surface area contributed by atoms with Gasteiger partial charge in [-0.15, -0.1) is 11.8 Å². The van der Waals surface area contributed by atoms with Crippen LogP contribution >= 0.6 is 11.8 Å². The van der Waals surface area contributed by atoms with Crippen LogP contribution in [-0.4, -0.2) is 35.1 Å². The molecule has 0 aromatic heterocycles. The van der Waals surface area contributed by atoms with E-state index in [1.165, 1.54) is 17.7 Å². The van der Waals surface area contributed by atoms with E-state index >= 15 is 0 Å². The first-order chi connectivity index (χ1) is 14.9. The van der Waals surface area contributed by atoms with Crippen LogP contribution in [0.2, 0.25) is 0 Å². The van der Waals surface area contributed by atoms with Gasteiger partial charge in [-0.2, -0.15) is 0 Å². The number of likely N-dealkylation sites (N-methyl/N-ethyl adjacent to an activating group) is 1. The highest BCUT2D eigenvalue weighted by Gasteiger charge is 2.42. The van der Waals surface area contributed by atoms with E-state index in [2.05, 4.69) is 11.4 Å². The first-order valence-electron chi connectivity index (χ1n) is 10.6. The van der Waals surface area contributed by atoms with Crippen molar-refractivity contribution in [2.45, 2.75) is 44.0 Å². The number of rotatable bonds is 4. The molecule has 1 saturated heterocycles. The van der Waals surface area contributed by atoms with Crippen LogP contribution in [0, 0.1) is 18.7 Å². The largest absolute Gasteiger partial charge is 0.352 e. The molecule has 1 aliphatic heterocycles. The molecule has 2 aromatic rings. The van der Waals surface area contributed by atoms with E-state index in [4.69, 9.17) is 0 Å². The molecule has 0 radical (unpaired) electrons. The molecule has 0 bridgehead atoms. The van der Waals surface area contributed by atoms with Gasteiger partial charge in [-0.1, -0.05) is 42.0 Å². The third kappa shape index (κ3) is 5.01. The molecule has 4 nitrogen and oxygen atoms in total. The Morgan fingerprint density at radius 3 is 2.74 bits per heavy atom. The van der Waals surface area contributed by atoms with Crippen molar-refractivity contribution in [2.24, 2.45) is 5.92 Å². The van der Waals surface area contributed by atoms with E-state index in [1.807, 2.05) is 43.1 Å². The summed E-state index contributed by atoms with van der Waals surface area (Å²) in [6.07, 6.45) is 4.36. The van der Waals surface area contributed by atoms with E-state index in [0.29, 0.717) is 18.2 Å². The maximum atomic E-state index is 13.0. The number of benzene rings is 2. The number of nitrogens with zero attached hydrogens (tertiary/aromatic N) is 1. The Bertz CT molecular complexity index is 1000. The number of carbonyl (C=O) groups is 2. The normalized spacial score (nSPS) is 24.7. The predicted octanol–water partition coefficient (Wildman–Crippen LogP) is 4.53. The minimum Gasteiger partial charge on any atom is -0.352 e. The lowest BCUT2D eigenvalue weighted by molar-refractivity contribution is -0.132. The van der Waals surface area contributed by atoms with Crippen LogP contribution in [-0.2, 0) is 16.1 Å². The van der Waals surface area contributed by atoms with Gasteiger partial charge < -0.3 is 10.2 Å². The smallest absolute Gasteiger partial charge is 0.260 e. The second-order valence-corrected chi connectivity index (χ2v) is 9.70. The van der Waals surface area contributed by atoms with Crippen LogP contribution in [0.1, 0.15) is 36.0 Å². The van der Waals surface area contributed by atoms with E-state index in [1.54, 1.807) is 23.9 Å². The lowest BCUT2D eigenvalue weighted by Gasteiger charge is -2.44. The summed E-state index contributed by atoms with van der Waals surface area (Å²) in [6.45, 7) is 2.43. The van der Waals surface area contributed by atoms with E-state index in [-0.39, 0.29) is 29.6 Å². The van der Waals surface area contributed by atoms with Crippen LogP contribution in [0.25, 0.3) is 6.08 Å². The molecule has 2 fully saturated rings. The Labute approximate surface area is 186 Å². The zero-order chi connectivity index (χ0) is 22.0. The molecular formula is C25H27FN2O2S. The fraction of sp³-hybridized carbons (Fsp3) is 0.360. The second kappa shape index (κ2) is 9.27. The summed E-state index contributed by atoms with van der Waals surface area (Å²) in [5, 5.41) is 3.28. The number of halogens is 1. The first-order valence-corrected chi connectivity index (χ1v) is 11.5. The lowest BCUT2D eigenvalue weighted by Crippen LogP contribution is -2.52. The van der Waals surface area contributed by atoms with Gasteiger partial charge in [0.25, 0.3) is 5.91 Å². The molecule has 0 spiro atoms. The van der Waals surface area contributed by atoms with Crippen molar-refractivity contribution in [3.8, 4) is 0 Å². The molecule has 2 aliphatic rings. The van der Waals surface area contributed by atoms with Crippen molar-refractivity contribution in [1.29, 1.82) is 0 Å². The molecule has 4 rings (SSSR count). The average molecular weight is 439 g/mol. The number of amides is 2. The fourth-order valence-electron chi connectivity index (χ4n) is 4.38. The van der Waals surface area contributed by atoms with Gasteiger partial charge in [0.2, 0.25) is 5.91 Å². The van der Waals surface area contributed by atoms with Gasteiger partial charge in [-0.05, 0) is 55.5 Å². The van der Waals surface area contributed by atoms with Crippen LogP contribution < -0.4 is 5.32 Å². The second-order valence-electron chi connectivity index (χ2n) is 8.42. The van der Waals surface area contributed by atoms with Crippen molar-refractivity contribution in [3.05, 3.63) is 75.9 Å². The van der Waals surface area contributed by atoms with Gasteiger partial charge in [0.1, 0.15) is 5.82 Å². The number of thioether (sulfide) groups is 1. The van der Waals surface area contributed by atoms with Crippen molar-refractivity contribution in [3.63, 3.8) is 0 Å². The zero-order valence-electron chi connectivity index (χ0n) is 17.8. The molecule has 1 aliphatic carbocycles. The van der Waals surface area contributed by atoms with Gasteiger partial charge in [0.05, 0.1) is 4.91 Å². The Morgan fingerprint density at radius 1 is 1.23 bits per heavy atom. The molecule has 1 saturated carbocycles. The van der Waals surface area contributed by atoms with Gasteiger partial charge in [0.15, 0.2) is 0 Å². The van der Waals surface area contributed by atoms with Crippen molar-refractivity contribution < 1.29 is 14.0 Å². The lowest BCUT2D eigenvalue weighted by atomic mass is 9.83. The SMILES string of the molecule is Cc1cccc(/C=C2\SC3CCC(C(=O)NCc4ccc(F)cc4)CC3N(C)C2=O)c1. The van der Waals surface area contributed by atoms with Gasteiger partial charge in [-0.3, -0.25) is 9.59 Å². The Morgan fingerprint density at radius 2 is 2.00 bits per heavy atom. The number of hydrogen-bond donors (Lipinski definition) is 1. The van der Waals surface area contributed by atoms with Crippen LogP contribution in [0.5, 0.6) is 0 Å². The minimum absolute atomic E-state index is 0.00900. The quantitative estimate of drug-likeness (QED) is 0.714. The Hall–Kier alpha value is -2.60. The summed E-state index contributed by atoms with van der Waals surface area (Å²) in [7, 11) is 1.85. The van der Waals surface area contributed by atoms with E-state index < -0.39 is 0 Å². The molecule has 2 aromatic carbocycles. The highest BCUT2D eigenvalue weighted by atomic mass is 32.2. The molecule has 3 atom stereocenters. The average Bonchev–Trinajstić information content (AvgIpc) is 2.76. The maximum absolute atomic E-state index is 13.0. The predicted molar refractivity (Wildman–Crippen MR) is 123 cm³/mol. The summed E-state index contributed by atoms with van der Waals surface area (Å²) in [4.78, 5) is 28.3. The number of aryl methyl sites for hydroxylation is 1. The molecule has 2 amide bonds. The van der Waals surface area contributed by atoms with Gasteiger partial charge in [0, 0.05) is 30.8 Å². The molecule has 1 heterocycles.